The van der Waals surface area contributed by atoms with Gasteiger partial charge in [-0.1, -0.05) is 0 Å². The van der Waals surface area contributed by atoms with Crippen LogP contribution in [0.4, 0.5) is 0 Å². The molecule has 28 heavy (non-hydrogen) atoms. The summed E-state index contributed by atoms with van der Waals surface area (Å²) in [6.07, 6.45) is 1.18. The minimum atomic E-state index is -0.917. The normalized spacial score (nSPS) is 23.0. The molecule has 1 fully saturated rings. The Bertz CT molecular complexity index is 893. The van der Waals surface area contributed by atoms with Crippen molar-refractivity contribution in [2.24, 2.45) is 5.92 Å². The van der Waals surface area contributed by atoms with Crippen molar-refractivity contribution < 1.29 is 28.8 Å². The van der Waals surface area contributed by atoms with Gasteiger partial charge in [0, 0.05) is 12.3 Å². The van der Waals surface area contributed by atoms with Crippen LogP contribution in [0.2, 0.25) is 0 Å². The highest BCUT2D eigenvalue weighted by atomic mass is 16.5. The van der Waals surface area contributed by atoms with Crippen LogP contribution in [-0.4, -0.2) is 52.4 Å². The van der Waals surface area contributed by atoms with Crippen LogP contribution < -0.4 is 18.9 Å². The Morgan fingerprint density at radius 3 is 1.89 bits per heavy atom. The molecule has 1 aliphatic heterocycles. The van der Waals surface area contributed by atoms with Gasteiger partial charge in [-0.05, 0) is 52.9 Å². The first-order valence-corrected chi connectivity index (χ1v) is 9.33. The molecule has 2 aromatic rings. The minimum Gasteiger partial charge on any atom is -0.493 e. The Kier molecular flexibility index (Phi) is 4.85. The first-order chi connectivity index (χ1) is 13.5. The molecule has 0 bridgehead atoms. The summed E-state index contributed by atoms with van der Waals surface area (Å²) in [6.45, 7) is 0.862. The second-order valence-electron chi connectivity index (χ2n) is 7.43. The van der Waals surface area contributed by atoms with E-state index in [4.69, 9.17) is 23.7 Å². The molecule has 0 unspecified atom stereocenters. The van der Waals surface area contributed by atoms with Crippen LogP contribution in [0.5, 0.6) is 23.0 Å². The van der Waals surface area contributed by atoms with Gasteiger partial charge in [-0.2, -0.15) is 0 Å². The van der Waals surface area contributed by atoms with Crippen LogP contribution in [-0.2, 0) is 17.6 Å². The summed E-state index contributed by atoms with van der Waals surface area (Å²) in [6, 6.07) is 7.92. The average molecular weight is 386 g/mol. The van der Waals surface area contributed by atoms with Crippen molar-refractivity contribution in [1.82, 2.24) is 0 Å². The lowest BCUT2D eigenvalue weighted by Gasteiger charge is -2.33. The molecular formula is C22H26O6. The molecule has 2 aromatic carbocycles. The van der Waals surface area contributed by atoms with Gasteiger partial charge in [0.2, 0.25) is 0 Å². The lowest BCUT2D eigenvalue weighted by molar-refractivity contribution is 0.00119. The van der Waals surface area contributed by atoms with Crippen molar-refractivity contribution in [2.45, 2.75) is 18.4 Å². The summed E-state index contributed by atoms with van der Waals surface area (Å²) < 4.78 is 27.8. The van der Waals surface area contributed by atoms with E-state index in [1.807, 2.05) is 24.3 Å². The van der Waals surface area contributed by atoms with E-state index in [9.17, 15) is 5.11 Å². The number of fused-ring (bicyclic) bond motifs is 4. The van der Waals surface area contributed by atoms with Crippen molar-refractivity contribution in [3.63, 3.8) is 0 Å². The molecule has 2 aliphatic rings. The second-order valence-corrected chi connectivity index (χ2v) is 7.43. The van der Waals surface area contributed by atoms with Crippen molar-refractivity contribution >= 4 is 0 Å². The van der Waals surface area contributed by atoms with Gasteiger partial charge in [-0.25, -0.2) is 0 Å². The van der Waals surface area contributed by atoms with Crippen molar-refractivity contribution in [1.29, 1.82) is 0 Å². The lowest BCUT2D eigenvalue weighted by Crippen LogP contribution is -2.41. The summed E-state index contributed by atoms with van der Waals surface area (Å²) in [5, 5.41) is 11.4. The monoisotopic (exact) mass is 386 g/mol. The van der Waals surface area contributed by atoms with Gasteiger partial charge in [0.15, 0.2) is 23.0 Å². The number of aliphatic hydroxyl groups is 1. The van der Waals surface area contributed by atoms with Crippen molar-refractivity contribution in [2.75, 3.05) is 41.7 Å². The van der Waals surface area contributed by atoms with Gasteiger partial charge in [0.05, 0.1) is 47.3 Å². The zero-order valence-electron chi connectivity index (χ0n) is 16.7. The summed E-state index contributed by atoms with van der Waals surface area (Å²) >= 11 is 0. The van der Waals surface area contributed by atoms with E-state index in [-0.39, 0.29) is 5.92 Å². The van der Waals surface area contributed by atoms with Crippen LogP contribution in [0, 0.1) is 5.92 Å². The van der Waals surface area contributed by atoms with E-state index in [0.717, 1.165) is 22.3 Å². The van der Waals surface area contributed by atoms with E-state index >= 15 is 0 Å². The third-order valence-corrected chi connectivity index (χ3v) is 5.90. The largest absolute Gasteiger partial charge is 0.493 e. The molecule has 2 atom stereocenters. The molecular weight excluding hydrogens is 360 g/mol. The Balaban J connectivity index is 1.99. The van der Waals surface area contributed by atoms with E-state index in [0.29, 0.717) is 49.1 Å². The van der Waals surface area contributed by atoms with Crippen LogP contribution in [0.3, 0.4) is 0 Å². The molecule has 0 aromatic heterocycles. The summed E-state index contributed by atoms with van der Waals surface area (Å²) in [5.74, 6) is 2.63. The minimum absolute atomic E-state index is 0.00518. The van der Waals surface area contributed by atoms with Gasteiger partial charge < -0.3 is 28.8 Å². The number of hydrogen-bond acceptors (Lipinski definition) is 6. The molecule has 0 radical (unpaired) electrons. The maximum atomic E-state index is 11.4. The molecule has 1 N–H and O–H groups in total. The van der Waals surface area contributed by atoms with Gasteiger partial charge in [0.1, 0.15) is 0 Å². The zero-order valence-corrected chi connectivity index (χ0v) is 16.7. The highest BCUT2D eigenvalue weighted by Crippen LogP contribution is 2.46. The Morgan fingerprint density at radius 1 is 0.821 bits per heavy atom. The maximum Gasteiger partial charge on any atom is 0.161 e. The molecule has 6 heteroatoms. The van der Waals surface area contributed by atoms with E-state index in [1.54, 1.807) is 28.4 Å². The van der Waals surface area contributed by atoms with Gasteiger partial charge >= 0.3 is 0 Å². The third-order valence-electron chi connectivity index (χ3n) is 5.90. The van der Waals surface area contributed by atoms with Gasteiger partial charge in [0.25, 0.3) is 0 Å². The Labute approximate surface area is 164 Å². The number of ether oxygens (including phenoxy) is 5. The molecule has 6 nitrogen and oxygen atoms in total. The van der Waals surface area contributed by atoms with E-state index in [2.05, 4.69) is 0 Å². The summed E-state index contributed by atoms with van der Waals surface area (Å²) in [7, 11) is 6.50. The van der Waals surface area contributed by atoms with Gasteiger partial charge in [-0.15, -0.1) is 0 Å². The van der Waals surface area contributed by atoms with E-state index in [1.165, 1.54) is 0 Å². The van der Waals surface area contributed by atoms with Crippen molar-refractivity contribution in [3.05, 3.63) is 35.4 Å². The average Bonchev–Trinajstić information content (AvgIpc) is 3.05. The molecule has 1 heterocycles. The Hall–Kier alpha value is -2.44. The smallest absolute Gasteiger partial charge is 0.161 e. The first-order valence-electron chi connectivity index (χ1n) is 9.33. The fourth-order valence-electron chi connectivity index (χ4n) is 4.35. The highest BCUT2D eigenvalue weighted by molar-refractivity contribution is 5.77. The molecule has 150 valence electrons. The molecule has 0 saturated carbocycles. The lowest BCUT2D eigenvalue weighted by atomic mass is 9.75. The zero-order chi connectivity index (χ0) is 19.9. The standard InChI is InChI=1S/C22H26O6/c1-24-18-6-13-5-15-11-28-12-22(15,23)10-14-7-19(25-2)21(27-4)9-17(14)16(13)8-20(18)26-3/h6-9,15,23H,5,10-12H2,1-4H3/t15-,22+/m0/s1. The van der Waals surface area contributed by atoms with Crippen LogP contribution in [0.25, 0.3) is 11.1 Å². The van der Waals surface area contributed by atoms with Gasteiger partial charge in [-0.3, -0.25) is 0 Å². The fourth-order valence-corrected chi connectivity index (χ4v) is 4.35. The SMILES string of the molecule is COc1cc2c(cc1OC)-c1cc(OC)c(OC)cc1C[C@@]1(O)COC[C@@H]1C2. The number of methoxy groups -OCH3 is 4. The molecule has 1 saturated heterocycles. The summed E-state index contributed by atoms with van der Waals surface area (Å²) in [5.41, 5.74) is 3.19. The summed E-state index contributed by atoms with van der Waals surface area (Å²) in [4.78, 5) is 0. The van der Waals surface area contributed by atoms with Crippen LogP contribution in [0.1, 0.15) is 11.1 Å². The first kappa shape index (κ1) is 18.9. The maximum absolute atomic E-state index is 11.4. The number of hydrogen-bond donors (Lipinski definition) is 1. The molecule has 4 rings (SSSR count). The Morgan fingerprint density at radius 2 is 1.32 bits per heavy atom. The quantitative estimate of drug-likeness (QED) is 0.872. The second kappa shape index (κ2) is 7.18. The topological polar surface area (TPSA) is 66.4 Å². The predicted octanol–water partition coefficient (Wildman–Crippen LogP) is 2.86. The predicted molar refractivity (Wildman–Crippen MR) is 105 cm³/mol. The third kappa shape index (κ3) is 2.97. The van der Waals surface area contributed by atoms with Crippen LogP contribution >= 0.6 is 0 Å². The van der Waals surface area contributed by atoms with Crippen LogP contribution in [0.15, 0.2) is 24.3 Å². The molecule has 0 spiro atoms. The number of benzene rings is 2. The van der Waals surface area contributed by atoms with Crippen molar-refractivity contribution in [3.8, 4) is 34.1 Å². The van der Waals surface area contributed by atoms with E-state index < -0.39 is 5.60 Å². The molecule has 1 aliphatic carbocycles. The number of rotatable bonds is 4. The molecule has 0 amide bonds. The highest BCUT2D eigenvalue weighted by Gasteiger charge is 2.44. The fraction of sp³-hybridized carbons (Fsp3) is 0.455.